The molecule has 32 heavy (non-hydrogen) atoms. The van der Waals surface area contributed by atoms with Crippen molar-refractivity contribution < 1.29 is 13.9 Å². The third-order valence-electron chi connectivity index (χ3n) is 5.31. The Morgan fingerprint density at radius 2 is 1.81 bits per heavy atom. The first-order valence-corrected chi connectivity index (χ1v) is 10.5. The van der Waals surface area contributed by atoms with Crippen LogP contribution in [0.2, 0.25) is 0 Å². The Bertz CT molecular complexity index is 1140. The van der Waals surface area contributed by atoms with Gasteiger partial charge in [-0.2, -0.15) is 0 Å². The van der Waals surface area contributed by atoms with E-state index < -0.39 is 6.04 Å². The fraction of sp³-hybridized carbons (Fsp3) is 0.200. The molecule has 0 radical (unpaired) electrons. The zero-order valence-electron chi connectivity index (χ0n) is 17.9. The second-order valence-corrected chi connectivity index (χ2v) is 7.49. The molecule has 0 bridgehead atoms. The molecule has 1 atom stereocenters. The van der Waals surface area contributed by atoms with Crippen LogP contribution in [0.25, 0.3) is 11.5 Å². The normalized spacial score (nSPS) is 11.8. The van der Waals surface area contributed by atoms with Gasteiger partial charge in [0.15, 0.2) is 0 Å². The minimum absolute atomic E-state index is 0.237. The fourth-order valence-electron chi connectivity index (χ4n) is 3.56. The molecule has 0 spiro atoms. The first-order chi connectivity index (χ1) is 15.6. The summed E-state index contributed by atoms with van der Waals surface area (Å²) in [6, 6.07) is 20.9. The number of carbonyl (C=O) groups is 1. The van der Waals surface area contributed by atoms with Crippen molar-refractivity contribution in [3.8, 4) is 17.2 Å². The lowest BCUT2D eigenvalue weighted by atomic mass is 10.1. The molecule has 0 aliphatic rings. The zero-order valence-corrected chi connectivity index (χ0v) is 17.9. The van der Waals surface area contributed by atoms with E-state index in [1.807, 2.05) is 90.6 Å². The van der Waals surface area contributed by atoms with Crippen LogP contribution in [-0.2, 0) is 17.6 Å². The van der Waals surface area contributed by atoms with Crippen LogP contribution in [0.4, 0.5) is 0 Å². The second kappa shape index (κ2) is 9.98. The molecule has 0 saturated carbocycles. The smallest absolute Gasteiger partial charge is 0.257 e. The Morgan fingerprint density at radius 3 is 2.50 bits per heavy atom. The number of amides is 1. The Hall–Kier alpha value is -3.84. The van der Waals surface area contributed by atoms with E-state index in [-0.39, 0.29) is 5.91 Å². The van der Waals surface area contributed by atoms with E-state index in [0.717, 1.165) is 28.3 Å². The Balaban J connectivity index is 1.33. The van der Waals surface area contributed by atoms with Gasteiger partial charge in [-0.1, -0.05) is 30.3 Å². The first-order valence-electron chi connectivity index (χ1n) is 10.5. The molecule has 7 heteroatoms. The molecule has 2 aromatic carbocycles. The summed E-state index contributed by atoms with van der Waals surface area (Å²) in [7, 11) is 0. The van der Waals surface area contributed by atoms with Crippen molar-refractivity contribution in [2.24, 2.45) is 5.84 Å². The van der Waals surface area contributed by atoms with Crippen molar-refractivity contribution in [1.82, 2.24) is 15.0 Å². The number of hydrogen-bond donors (Lipinski definition) is 2. The van der Waals surface area contributed by atoms with Gasteiger partial charge in [-0.25, -0.2) is 10.8 Å². The number of ether oxygens (including phenoxy) is 1. The van der Waals surface area contributed by atoms with Crippen molar-refractivity contribution in [3.63, 3.8) is 0 Å². The number of aromatic nitrogens is 2. The molecule has 2 aromatic heterocycles. The quantitative estimate of drug-likeness (QED) is 0.239. The highest BCUT2D eigenvalue weighted by molar-refractivity contribution is 5.80. The van der Waals surface area contributed by atoms with Gasteiger partial charge in [-0.3, -0.25) is 10.2 Å². The number of aryl methyl sites for hydroxylation is 1. The minimum atomic E-state index is -0.407. The SMILES string of the molecule is Cc1oc(-c2ccccc2)nc1CCOc1ccc(C[C@@H](C(=O)NN)n2cccc2)cc1. The molecule has 7 nitrogen and oxygen atoms in total. The number of benzene rings is 2. The van der Waals surface area contributed by atoms with Crippen molar-refractivity contribution in [2.75, 3.05) is 6.61 Å². The van der Waals surface area contributed by atoms with Gasteiger partial charge in [0.2, 0.25) is 5.89 Å². The fourth-order valence-corrected chi connectivity index (χ4v) is 3.56. The molecular weight excluding hydrogens is 404 g/mol. The summed E-state index contributed by atoms with van der Waals surface area (Å²) in [6.07, 6.45) is 4.88. The van der Waals surface area contributed by atoms with Gasteiger partial charge < -0.3 is 13.7 Å². The summed E-state index contributed by atoms with van der Waals surface area (Å²) in [6.45, 7) is 2.41. The molecule has 3 N–H and O–H groups in total. The molecule has 4 rings (SSSR count). The van der Waals surface area contributed by atoms with Crippen LogP contribution in [0.5, 0.6) is 5.75 Å². The lowest BCUT2D eigenvalue weighted by molar-refractivity contribution is -0.124. The number of nitrogens with two attached hydrogens (primary N) is 1. The predicted octanol–water partition coefficient (Wildman–Crippen LogP) is 3.85. The molecule has 4 aromatic rings. The summed E-state index contributed by atoms with van der Waals surface area (Å²) < 4.78 is 13.5. The minimum Gasteiger partial charge on any atom is -0.493 e. The van der Waals surface area contributed by atoms with Gasteiger partial charge in [-0.05, 0) is 48.9 Å². The molecule has 2 heterocycles. The van der Waals surface area contributed by atoms with Gasteiger partial charge in [0, 0.05) is 30.8 Å². The maximum Gasteiger partial charge on any atom is 0.257 e. The van der Waals surface area contributed by atoms with E-state index in [2.05, 4.69) is 10.4 Å². The third kappa shape index (κ3) is 5.07. The number of nitrogens with one attached hydrogen (secondary N) is 1. The maximum atomic E-state index is 12.2. The van der Waals surface area contributed by atoms with Gasteiger partial charge >= 0.3 is 0 Å². The highest BCUT2D eigenvalue weighted by Crippen LogP contribution is 2.22. The largest absolute Gasteiger partial charge is 0.493 e. The lowest BCUT2D eigenvalue weighted by Crippen LogP contribution is -2.37. The number of rotatable bonds is 9. The average molecular weight is 431 g/mol. The molecule has 0 aliphatic carbocycles. The molecule has 1 amide bonds. The van der Waals surface area contributed by atoms with Crippen molar-refractivity contribution in [2.45, 2.75) is 25.8 Å². The summed E-state index contributed by atoms with van der Waals surface area (Å²) in [5.41, 5.74) is 5.11. The number of carbonyl (C=O) groups excluding carboxylic acids is 1. The monoisotopic (exact) mass is 430 g/mol. The number of hydrogen-bond acceptors (Lipinski definition) is 5. The van der Waals surface area contributed by atoms with Crippen LogP contribution < -0.4 is 16.0 Å². The second-order valence-electron chi connectivity index (χ2n) is 7.49. The third-order valence-corrected chi connectivity index (χ3v) is 5.31. The lowest BCUT2D eigenvalue weighted by Gasteiger charge is -2.17. The van der Waals surface area contributed by atoms with Crippen molar-refractivity contribution >= 4 is 5.91 Å². The topological polar surface area (TPSA) is 95.3 Å². The summed E-state index contributed by atoms with van der Waals surface area (Å²) in [4.78, 5) is 16.8. The van der Waals surface area contributed by atoms with Gasteiger partial charge in [-0.15, -0.1) is 0 Å². The predicted molar refractivity (Wildman–Crippen MR) is 122 cm³/mol. The Morgan fingerprint density at radius 1 is 1.09 bits per heavy atom. The maximum absolute atomic E-state index is 12.2. The van der Waals surface area contributed by atoms with E-state index in [9.17, 15) is 4.79 Å². The van der Waals surface area contributed by atoms with E-state index in [4.69, 9.17) is 15.0 Å². The van der Waals surface area contributed by atoms with Gasteiger partial charge in [0.05, 0.1) is 12.3 Å². The molecule has 0 aliphatic heterocycles. The standard InChI is InChI=1S/C25H26N4O3/c1-18-22(27-25(32-18)20-7-3-2-4-8-20)13-16-31-21-11-9-19(10-12-21)17-23(24(30)28-26)29-14-5-6-15-29/h2-12,14-15,23H,13,16-17,26H2,1H3,(H,28,30)/t23-/m0/s1. The van der Waals surface area contributed by atoms with Crippen LogP contribution in [-0.4, -0.2) is 22.1 Å². The zero-order chi connectivity index (χ0) is 22.3. The average Bonchev–Trinajstić information content (AvgIpc) is 3.49. The Kier molecular flexibility index (Phi) is 6.67. The molecule has 164 valence electrons. The van der Waals surface area contributed by atoms with Crippen LogP contribution in [0.1, 0.15) is 23.1 Å². The van der Waals surface area contributed by atoms with E-state index in [0.29, 0.717) is 25.3 Å². The molecule has 0 saturated heterocycles. The Labute approximate surface area is 186 Å². The van der Waals surface area contributed by atoms with E-state index >= 15 is 0 Å². The van der Waals surface area contributed by atoms with Gasteiger partial charge in [0.25, 0.3) is 5.91 Å². The number of oxazole rings is 1. The number of nitrogens with zero attached hydrogens (tertiary/aromatic N) is 2. The van der Waals surface area contributed by atoms with E-state index in [1.54, 1.807) is 0 Å². The number of hydrazine groups is 1. The first kappa shape index (κ1) is 21.4. The summed E-state index contributed by atoms with van der Waals surface area (Å²) >= 11 is 0. The highest BCUT2D eigenvalue weighted by Gasteiger charge is 2.19. The summed E-state index contributed by atoms with van der Waals surface area (Å²) in [5, 5.41) is 0. The van der Waals surface area contributed by atoms with Gasteiger partial charge in [0.1, 0.15) is 17.6 Å². The van der Waals surface area contributed by atoms with Crippen LogP contribution >= 0.6 is 0 Å². The van der Waals surface area contributed by atoms with Crippen molar-refractivity contribution in [1.29, 1.82) is 0 Å². The highest BCUT2D eigenvalue weighted by atomic mass is 16.5. The van der Waals surface area contributed by atoms with Crippen LogP contribution in [0.3, 0.4) is 0 Å². The van der Waals surface area contributed by atoms with E-state index in [1.165, 1.54) is 0 Å². The van der Waals surface area contributed by atoms with Crippen molar-refractivity contribution in [3.05, 3.63) is 96.1 Å². The molecule has 0 unspecified atom stereocenters. The molecule has 0 fully saturated rings. The summed E-state index contributed by atoms with van der Waals surface area (Å²) in [5.74, 6) is 7.32. The van der Waals surface area contributed by atoms with Crippen LogP contribution in [0.15, 0.2) is 83.5 Å². The molecular formula is C25H26N4O3. The van der Waals surface area contributed by atoms with Crippen LogP contribution in [0, 0.1) is 6.92 Å².